The van der Waals surface area contributed by atoms with E-state index in [1.807, 2.05) is 27.7 Å². The molecule has 0 fully saturated rings. The quantitative estimate of drug-likeness (QED) is 0.384. The Balaban J connectivity index is 2.79. The van der Waals surface area contributed by atoms with Gasteiger partial charge in [0, 0.05) is 0 Å². The fraction of sp³-hybridized carbons (Fsp3) is 0.692. The van der Waals surface area contributed by atoms with Gasteiger partial charge in [0.25, 0.3) is 0 Å². The van der Waals surface area contributed by atoms with Gasteiger partial charge in [-0.2, -0.15) is 0 Å². The molecule has 1 heterocycles. The van der Waals surface area contributed by atoms with Crippen LogP contribution in [0.5, 0.6) is 0 Å². The van der Waals surface area contributed by atoms with E-state index in [0.29, 0.717) is 0 Å². The zero-order chi connectivity index (χ0) is 16.0. The molecule has 0 unspecified atom stereocenters. The number of hydrogen-bond acceptors (Lipinski definition) is 6. The molecule has 0 radical (unpaired) electrons. The van der Waals surface area contributed by atoms with E-state index < -0.39 is 12.5 Å². The average molecular weight is 319 g/mol. The lowest BCUT2D eigenvalue weighted by Gasteiger charge is -2.19. The Kier molecular flexibility index (Phi) is 6.58. The average Bonchev–Trinajstić information content (AvgIpc) is 2.83. The molecule has 1 rings (SSSR count). The topological polar surface area (TPSA) is 91.8 Å². The van der Waals surface area contributed by atoms with Gasteiger partial charge in [0.1, 0.15) is 16.8 Å². The van der Waals surface area contributed by atoms with E-state index in [9.17, 15) is 14.7 Å². The highest BCUT2D eigenvalue weighted by molar-refractivity contribution is 7.53. The second-order valence-electron chi connectivity index (χ2n) is 5.65. The zero-order valence-electron chi connectivity index (χ0n) is 12.8. The van der Waals surface area contributed by atoms with Gasteiger partial charge in [-0.05, 0) is 17.9 Å². The lowest BCUT2D eigenvalue weighted by molar-refractivity contribution is -0.402. The normalized spacial score (nSPS) is 12.3. The molecule has 0 aromatic carbocycles. The summed E-state index contributed by atoms with van der Waals surface area (Å²) < 4.78 is 28.6. The Morgan fingerprint density at radius 2 is 1.71 bits per heavy atom. The van der Waals surface area contributed by atoms with Crippen molar-refractivity contribution in [1.82, 2.24) is 0 Å². The summed E-state index contributed by atoms with van der Waals surface area (Å²) in [6.45, 7) is 8.32. The lowest BCUT2D eigenvalue weighted by atomic mass is 10.2. The Morgan fingerprint density at radius 3 is 2.10 bits per heavy atom. The molecular formula is C13H22NO6P. The van der Waals surface area contributed by atoms with Crippen LogP contribution in [0.2, 0.25) is 0 Å². The Hall–Kier alpha value is -1.17. The van der Waals surface area contributed by atoms with Gasteiger partial charge < -0.3 is 13.5 Å². The van der Waals surface area contributed by atoms with E-state index in [0.717, 1.165) is 0 Å². The van der Waals surface area contributed by atoms with Gasteiger partial charge in [0.05, 0.1) is 19.3 Å². The standard InChI is InChI=1S/C13H22NO6P/c1-10(2)7-18-21(17,19-8-11(3)4)9-12-5-6-13(20-12)14(15)16/h5-6,10-11H,7-9H2,1-4H3. The van der Waals surface area contributed by atoms with Crippen LogP contribution < -0.4 is 0 Å². The number of nitro groups is 1. The Morgan fingerprint density at radius 1 is 1.19 bits per heavy atom. The van der Waals surface area contributed by atoms with E-state index in [2.05, 4.69) is 0 Å². The maximum absolute atomic E-state index is 12.7. The van der Waals surface area contributed by atoms with E-state index in [1.54, 1.807) is 0 Å². The molecule has 0 saturated heterocycles. The summed E-state index contributed by atoms with van der Waals surface area (Å²) in [5, 5.41) is 10.6. The predicted octanol–water partition coefficient (Wildman–Crippen LogP) is 4.23. The molecule has 1 aromatic heterocycles. The van der Waals surface area contributed by atoms with Gasteiger partial charge in [-0.25, -0.2) is 0 Å². The Labute approximate surface area is 124 Å². The molecular weight excluding hydrogens is 297 g/mol. The molecule has 8 heteroatoms. The molecule has 0 amide bonds. The van der Waals surface area contributed by atoms with Gasteiger partial charge >= 0.3 is 13.5 Å². The van der Waals surface area contributed by atoms with E-state index in [1.165, 1.54) is 12.1 Å². The van der Waals surface area contributed by atoms with Crippen molar-refractivity contribution in [1.29, 1.82) is 0 Å². The van der Waals surface area contributed by atoms with Gasteiger partial charge in [-0.3, -0.25) is 14.7 Å². The van der Waals surface area contributed by atoms with E-state index in [-0.39, 0.29) is 42.9 Å². The highest BCUT2D eigenvalue weighted by Crippen LogP contribution is 2.52. The molecule has 7 nitrogen and oxygen atoms in total. The second-order valence-corrected chi connectivity index (χ2v) is 7.70. The van der Waals surface area contributed by atoms with Crippen molar-refractivity contribution >= 4 is 13.5 Å². The fourth-order valence-corrected chi connectivity index (χ4v) is 3.25. The first kappa shape index (κ1) is 17.9. The molecule has 0 aliphatic rings. The summed E-state index contributed by atoms with van der Waals surface area (Å²) in [5.74, 6) is 0.237. The highest BCUT2D eigenvalue weighted by Gasteiger charge is 2.29. The van der Waals surface area contributed by atoms with Gasteiger partial charge in [-0.15, -0.1) is 0 Å². The van der Waals surface area contributed by atoms with Crippen molar-refractivity contribution in [3.63, 3.8) is 0 Å². The van der Waals surface area contributed by atoms with Crippen LogP contribution in [0.4, 0.5) is 5.88 Å². The van der Waals surface area contributed by atoms with Crippen molar-refractivity contribution in [2.45, 2.75) is 33.9 Å². The van der Waals surface area contributed by atoms with Crippen molar-refractivity contribution in [2.24, 2.45) is 11.8 Å². The summed E-state index contributed by atoms with van der Waals surface area (Å²) in [5.41, 5.74) is 0. The molecule has 0 aliphatic carbocycles. The van der Waals surface area contributed by atoms with Crippen LogP contribution in [-0.4, -0.2) is 18.1 Å². The van der Waals surface area contributed by atoms with Gasteiger partial charge in [0.15, 0.2) is 0 Å². The molecule has 0 aliphatic heterocycles. The first-order valence-electron chi connectivity index (χ1n) is 6.83. The van der Waals surface area contributed by atoms with Crippen LogP contribution in [0.15, 0.2) is 16.5 Å². The molecule has 21 heavy (non-hydrogen) atoms. The summed E-state index contributed by atoms with van der Waals surface area (Å²) >= 11 is 0. The summed E-state index contributed by atoms with van der Waals surface area (Å²) in [6, 6.07) is 2.65. The van der Waals surface area contributed by atoms with E-state index in [4.69, 9.17) is 13.5 Å². The monoisotopic (exact) mass is 319 g/mol. The summed E-state index contributed by atoms with van der Waals surface area (Å²) in [4.78, 5) is 9.95. The SMILES string of the molecule is CC(C)COP(=O)(Cc1ccc([N+](=O)[O-])o1)OCC(C)C. The summed E-state index contributed by atoms with van der Waals surface area (Å²) in [7, 11) is -3.38. The first-order chi connectivity index (χ1) is 9.72. The fourth-order valence-electron chi connectivity index (χ4n) is 1.39. The predicted molar refractivity (Wildman–Crippen MR) is 78.3 cm³/mol. The van der Waals surface area contributed by atoms with Crippen LogP contribution in [0.3, 0.4) is 0 Å². The highest BCUT2D eigenvalue weighted by atomic mass is 31.2. The Bertz CT molecular complexity index is 495. The van der Waals surface area contributed by atoms with Crippen molar-refractivity contribution < 1.29 is 23.0 Å². The van der Waals surface area contributed by atoms with Gasteiger partial charge in [-0.1, -0.05) is 27.7 Å². The molecule has 0 N–H and O–H groups in total. The van der Waals surface area contributed by atoms with E-state index >= 15 is 0 Å². The second kappa shape index (κ2) is 7.73. The van der Waals surface area contributed by atoms with Crippen LogP contribution >= 0.6 is 7.60 Å². The molecule has 0 saturated carbocycles. The molecule has 0 spiro atoms. The zero-order valence-corrected chi connectivity index (χ0v) is 13.7. The molecule has 120 valence electrons. The smallest absolute Gasteiger partial charge is 0.405 e. The van der Waals surface area contributed by atoms with Crippen molar-refractivity contribution in [3.05, 3.63) is 28.0 Å². The summed E-state index contributed by atoms with van der Waals surface area (Å²) in [6.07, 6.45) is -0.111. The third-order valence-corrected chi connectivity index (χ3v) is 4.17. The van der Waals surface area contributed by atoms with Gasteiger partial charge in [0.2, 0.25) is 0 Å². The third kappa shape index (κ3) is 6.42. The maximum atomic E-state index is 12.7. The minimum Gasteiger partial charge on any atom is -0.405 e. The minimum absolute atomic E-state index is 0.111. The van der Waals surface area contributed by atoms with Crippen molar-refractivity contribution in [3.8, 4) is 0 Å². The number of furan rings is 1. The minimum atomic E-state index is -3.38. The van der Waals surface area contributed by atoms with Crippen LogP contribution in [0.1, 0.15) is 33.5 Å². The third-order valence-electron chi connectivity index (χ3n) is 2.39. The molecule has 1 aromatic rings. The maximum Gasteiger partial charge on any atom is 0.433 e. The molecule has 0 bridgehead atoms. The van der Waals surface area contributed by atoms with Crippen LogP contribution in [0.25, 0.3) is 0 Å². The number of nitrogens with zero attached hydrogens (tertiary/aromatic N) is 1. The van der Waals surface area contributed by atoms with Crippen LogP contribution in [-0.2, 0) is 19.8 Å². The first-order valence-corrected chi connectivity index (χ1v) is 8.56. The molecule has 0 atom stereocenters. The lowest BCUT2D eigenvalue weighted by Crippen LogP contribution is -2.07. The number of rotatable bonds is 9. The van der Waals surface area contributed by atoms with Crippen molar-refractivity contribution in [2.75, 3.05) is 13.2 Å². The largest absolute Gasteiger partial charge is 0.433 e. The van der Waals surface area contributed by atoms with Crippen LogP contribution in [0, 0.1) is 22.0 Å². The number of hydrogen-bond donors (Lipinski definition) is 0.